The lowest BCUT2D eigenvalue weighted by atomic mass is 10.1. The van der Waals surface area contributed by atoms with Crippen LogP contribution in [0.3, 0.4) is 0 Å². The molecule has 3 N–H and O–H groups in total. The fourth-order valence-corrected chi connectivity index (χ4v) is 10.3. The lowest BCUT2D eigenvalue weighted by Gasteiger charge is -2.45. The van der Waals surface area contributed by atoms with Crippen LogP contribution in [0.5, 0.6) is 0 Å². The number of ether oxygens (including phenoxy) is 2. The summed E-state index contributed by atoms with van der Waals surface area (Å²) in [7, 11) is -2.44. The fourth-order valence-electron chi connectivity index (χ4n) is 4.78. The van der Waals surface area contributed by atoms with E-state index in [1.165, 1.54) is 0 Å². The molecule has 2 unspecified atom stereocenters. The highest BCUT2D eigenvalue weighted by Gasteiger charge is 2.47. The lowest BCUT2D eigenvalue weighted by Crippen LogP contribution is -2.54. The molecule has 9 nitrogen and oxygen atoms in total. The minimum absolute atomic E-state index is 0.0360. The highest BCUT2D eigenvalue weighted by Crippen LogP contribution is 2.43. The number of aliphatic carboxylic acids is 1. The first-order valence-corrected chi connectivity index (χ1v) is 15.1. The Morgan fingerprint density at radius 3 is 1.92 bits per heavy atom. The number of nitrogens with one attached hydrogen (secondary N) is 2. The summed E-state index contributed by atoms with van der Waals surface area (Å²) in [5.74, 6) is -1.21. The number of hydrogen-bond donors (Lipinski definition) is 3. The molecular weight excluding hydrogens is 492 g/mol. The monoisotopic (exact) mass is 538 g/mol. The van der Waals surface area contributed by atoms with Gasteiger partial charge in [0.1, 0.15) is 18.2 Å². The second-order valence-corrected chi connectivity index (χ2v) is 16.7. The smallest absolute Gasteiger partial charge is 0.408 e. The van der Waals surface area contributed by atoms with E-state index < -0.39 is 44.2 Å². The molecule has 0 saturated heterocycles. The summed E-state index contributed by atoms with van der Waals surface area (Å²) in [4.78, 5) is 36.9. The molecular formula is C27H46N2O7Si. The fraction of sp³-hybridized carbons (Fsp3) is 0.667. The topological polar surface area (TPSA) is 123 Å². The Morgan fingerprint density at radius 1 is 0.919 bits per heavy atom. The van der Waals surface area contributed by atoms with Gasteiger partial charge in [-0.25, -0.2) is 14.4 Å². The van der Waals surface area contributed by atoms with Gasteiger partial charge in [-0.3, -0.25) is 0 Å². The number of alkyl carbamates (subject to hydrolysis) is 2. The van der Waals surface area contributed by atoms with Crippen molar-refractivity contribution in [1.29, 1.82) is 0 Å². The van der Waals surface area contributed by atoms with Crippen LogP contribution in [-0.4, -0.2) is 55.9 Å². The van der Waals surface area contributed by atoms with Crippen LogP contribution in [0.25, 0.3) is 0 Å². The van der Waals surface area contributed by atoms with Crippen LogP contribution in [-0.2, 0) is 25.3 Å². The second kappa shape index (κ2) is 14.4. The van der Waals surface area contributed by atoms with Crippen LogP contribution in [0.2, 0.25) is 16.6 Å². The molecule has 0 radical (unpaired) electrons. The van der Waals surface area contributed by atoms with Crippen LogP contribution in [0, 0.1) is 0 Å². The van der Waals surface area contributed by atoms with E-state index in [1.807, 2.05) is 30.3 Å². The maximum atomic E-state index is 12.5. The SMILES string of the molecule is CC(C)[Si](OC(CNC(=O)OCc1ccccc1)CC(NC(=O)OC(C)(C)C)C(=O)O)(C(C)C)C(C)C. The van der Waals surface area contributed by atoms with Gasteiger partial charge in [0.15, 0.2) is 0 Å². The summed E-state index contributed by atoms with van der Waals surface area (Å²) in [6, 6.07) is 8.04. The summed E-state index contributed by atoms with van der Waals surface area (Å²) >= 11 is 0. The molecule has 0 bridgehead atoms. The van der Waals surface area contributed by atoms with Gasteiger partial charge >= 0.3 is 18.2 Å². The van der Waals surface area contributed by atoms with Crippen molar-refractivity contribution in [3.63, 3.8) is 0 Å². The summed E-state index contributed by atoms with van der Waals surface area (Å²) in [6.45, 7) is 18.0. The third-order valence-corrected chi connectivity index (χ3v) is 12.4. The largest absolute Gasteiger partial charge is 0.480 e. The molecule has 210 valence electrons. The standard InChI is InChI=1S/C27H46N2O7Si/c1-18(2)37(19(3)4,20(5)6)36-22(15-23(24(30)31)29-26(33)35-27(7,8)9)16-28-25(32)34-17-21-13-11-10-12-14-21/h10-14,18-20,22-23H,15-17H2,1-9H3,(H,28,32)(H,29,33)(H,30,31). The zero-order valence-electron chi connectivity index (χ0n) is 23.8. The highest BCUT2D eigenvalue weighted by molar-refractivity contribution is 6.77. The van der Waals surface area contributed by atoms with Gasteiger partial charge in [0.05, 0.1) is 6.10 Å². The zero-order chi connectivity index (χ0) is 28.4. The number of hydrogen-bond acceptors (Lipinski definition) is 6. The van der Waals surface area contributed by atoms with Crippen molar-refractivity contribution in [2.24, 2.45) is 0 Å². The average Bonchev–Trinajstić information content (AvgIpc) is 2.77. The lowest BCUT2D eigenvalue weighted by molar-refractivity contribution is -0.140. The van der Waals surface area contributed by atoms with Crippen molar-refractivity contribution in [3.8, 4) is 0 Å². The molecule has 0 saturated carbocycles. The van der Waals surface area contributed by atoms with Gasteiger partial charge in [0.2, 0.25) is 8.32 Å². The number of rotatable bonds is 13. The van der Waals surface area contributed by atoms with E-state index in [9.17, 15) is 19.5 Å². The molecule has 1 rings (SSSR count). The first-order chi connectivity index (χ1) is 17.1. The van der Waals surface area contributed by atoms with Crippen molar-refractivity contribution in [2.75, 3.05) is 6.54 Å². The van der Waals surface area contributed by atoms with Crippen molar-refractivity contribution in [2.45, 2.75) is 110 Å². The molecule has 0 spiro atoms. The molecule has 0 aliphatic heterocycles. The third kappa shape index (κ3) is 10.7. The maximum absolute atomic E-state index is 12.5. The van der Waals surface area contributed by atoms with Gasteiger partial charge in [0, 0.05) is 13.0 Å². The zero-order valence-corrected chi connectivity index (χ0v) is 24.8. The van der Waals surface area contributed by atoms with E-state index in [0.29, 0.717) is 0 Å². The van der Waals surface area contributed by atoms with Gasteiger partial charge in [0.25, 0.3) is 0 Å². The van der Waals surface area contributed by atoms with E-state index in [2.05, 4.69) is 52.2 Å². The number of carboxylic acids is 1. The molecule has 37 heavy (non-hydrogen) atoms. The predicted molar refractivity (Wildman–Crippen MR) is 146 cm³/mol. The molecule has 2 amide bonds. The molecule has 1 aromatic rings. The first-order valence-electron chi connectivity index (χ1n) is 12.9. The van der Waals surface area contributed by atoms with Gasteiger partial charge in [-0.1, -0.05) is 71.9 Å². The van der Waals surface area contributed by atoms with Crippen LogP contribution in [0.1, 0.15) is 74.3 Å². The second-order valence-electron chi connectivity index (χ2n) is 11.3. The molecule has 0 aliphatic rings. The number of carbonyl (C=O) groups excluding carboxylic acids is 2. The Bertz CT molecular complexity index is 847. The Morgan fingerprint density at radius 2 is 1.46 bits per heavy atom. The van der Waals surface area contributed by atoms with Crippen LogP contribution >= 0.6 is 0 Å². The molecule has 2 atom stereocenters. The van der Waals surface area contributed by atoms with E-state index in [0.717, 1.165) is 5.56 Å². The Balaban J connectivity index is 3.09. The predicted octanol–water partition coefficient (Wildman–Crippen LogP) is 5.84. The summed E-state index contributed by atoms with van der Waals surface area (Å²) in [6.07, 6.45) is -2.17. The number of carboxylic acid groups (broad SMARTS) is 1. The van der Waals surface area contributed by atoms with Crippen molar-refractivity contribution < 1.29 is 33.4 Å². The van der Waals surface area contributed by atoms with E-state index in [1.54, 1.807) is 20.8 Å². The first kappa shape index (κ1) is 32.4. The van der Waals surface area contributed by atoms with E-state index >= 15 is 0 Å². The molecule has 1 aromatic carbocycles. The van der Waals surface area contributed by atoms with Gasteiger partial charge in [-0.2, -0.15) is 0 Å². The van der Waals surface area contributed by atoms with Crippen LogP contribution < -0.4 is 10.6 Å². The van der Waals surface area contributed by atoms with Crippen molar-refractivity contribution in [1.82, 2.24) is 10.6 Å². The molecule has 0 heterocycles. The third-order valence-electron chi connectivity index (χ3n) is 6.25. The van der Waals surface area contributed by atoms with Gasteiger partial charge in [-0.15, -0.1) is 0 Å². The maximum Gasteiger partial charge on any atom is 0.408 e. The summed E-state index contributed by atoms with van der Waals surface area (Å²) in [5, 5.41) is 15.0. The summed E-state index contributed by atoms with van der Waals surface area (Å²) < 4.78 is 17.4. The summed E-state index contributed by atoms with van der Waals surface area (Å²) in [5.41, 5.74) is 0.789. The minimum Gasteiger partial charge on any atom is -0.480 e. The molecule has 0 aliphatic carbocycles. The molecule has 10 heteroatoms. The molecule has 0 aromatic heterocycles. The number of benzene rings is 1. The average molecular weight is 539 g/mol. The van der Waals surface area contributed by atoms with E-state index in [-0.39, 0.29) is 36.2 Å². The van der Waals surface area contributed by atoms with Gasteiger partial charge < -0.3 is 29.6 Å². The number of amides is 2. The van der Waals surface area contributed by atoms with Crippen molar-refractivity contribution >= 4 is 26.5 Å². The Kier molecular flexibility index (Phi) is 12.6. The number of carbonyl (C=O) groups is 3. The Hall–Kier alpha value is -2.59. The van der Waals surface area contributed by atoms with Crippen LogP contribution in [0.15, 0.2) is 30.3 Å². The van der Waals surface area contributed by atoms with Crippen molar-refractivity contribution in [3.05, 3.63) is 35.9 Å². The Labute approximate surface area is 222 Å². The minimum atomic E-state index is -2.44. The van der Waals surface area contributed by atoms with E-state index in [4.69, 9.17) is 13.9 Å². The highest BCUT2D eigenvalue weighted by atomic mass is 28.4. The van der Waals surface area contributed by atoms with Crippen LogP contribution in [0.4, 0.5) is 9.59 Å². The molecule has 0 fully saturated rings. The normalized spacial score (nSPS) is 13.8. The quantitative estimate of drug-likeness (QED) is 0.270. The van der Waals surface area contributed by atoms with Gasteiger partial charge in [-0.05, 0) is 43.0 Å².